The van der Waals surface area contributed by atoms with E-state index in [-0.39, 0.29) is 0 Å². The maximum absolute atomic E-state index is 5.78. The number of hydrogen-bond acceptors (Lipinski definition) is 5. The Balaban J connectivity index is 1.62. The van der Waals surface area contributed by atoms with Crippen LogP contribution in [0.3, 0.4) is 0 Å². The van der Waals surface area contributed by atoms with Crippen LogP contribution in [0.15, 0.2) is 18.2 Å². The molecule has 0 aliphatic carbocycles. The zero-order valence-electron chi connectivity index (χ0n) is 12.1. The predicted molar refractivity (Wildman–Crippen MR) is 76.5 cm³/mol. The van der Waals surface area contributed by atoms with E-state index in [9.17, 15) is 0 Å². The minimum atomic E-state index is 0.479. The van der Waals surface area contributed by atoms with Crippen LogP contribution in [-0.2, 0) is 17.9 Å². The third kappa shape index (κ3) is 2.41. The van der Waals surface area contributed by atoms with Gasteiger partial charge in [0, 0.05) is 13.1 Å². The molecule has 1 saturated heterocycles. The fraction of sp³-hybridized carbons (Fsp3) is 0.467. The highest BCUT2D eigenvalue weighted by atomic mass is 16.5. The lowest BCUT2D eigenvalue weighted by Crippen LogP contribution is -2.36. The molecule has 1 fully saturated rings. The number of hydrogen-bond donors (Lipinski definition) is 0. The first-order valence-electron chi connectivity index (χ1n) is 7.28. The van der Waals surface area contributed by atoms with Crippen molar-refractivity contribution >= 4 is 0 Å². The van der Waals surface area contributed by atoms with E-state index in [4.69, 9.17) is 9.47 Å². The molecular formula is C15H18N4O2. The van der Waals surface area contributed by atoms with Gasteiger partial charge in [0.15, 0.2) is 11.6 Å². The van der Waals surface area contributed by atoms with Gasteiger partial charge in [-0.05, 0) is 24.6 Å². The van der Waals surface area contributed by atoms with Crippen molar-refractivity contribution in [3.63, 3.8) is 0 Å². The fourth-order valence-corrected chi connectivity index (χ4v) is 2.76. The molecule has 21 heavy (non-hydrogen) atoms. The summed E-state index contributed by atoms with van der Waals surface area (Å²) in [5, 5.41) is 4.66. The third-order valence-corrected chi connectivity index (χ3v) is 3.89. The first-order valence-corrected chi connectivity index (χ1v) is 7.28. The summed E-state index contributed by atoms with van der Waals surface area (Å²) in [6.07, 6.45) is 0. The SMILES string of the molecule is Cc1ccc2c(c1)OCc1nc(CN3CCOCC3)nn1-2. The van der Waals surface area contributed by atoms with Crippen molar-refractivity contribution in [2.75, 3.05) is 26.3 Å². The van der Waals surface area contributed by atoms with Gasteiger partial charge in [-0.2, -0.15) is 0 Å². The lowest BCUT2D eigenvalue weighted by molar-refractivity contribution is 0.0330. The Morgan fingerprint density at radius 3 is 2.95 bits per heavy atom. The number of nitrogens with zero attached hydrogens (tertiary/aromatic N) is 4. The van der Waals surface area contributed by atoms with Gasteiger partial charge in [-0.25, -0.2) is 9.67 Å². The number of ether oxygens (including phenoxy) is 2. The molecule has 6 nitrogen and oxygen atoms in total. The van der Waals surface area contributed by atoms with Gasteiger partial charge in [0.1, 0.15) is 18.0 Å². The maximum Gasteiger partial charge on any atom is 0.170 e. The highest BCUT2D eigenvalue weighted by Gasteiger charge is 2.22. The molecule has 2 aliphatic rings. The van der Waals surface area contributed by atoms with Crippen LogP contribution in [-0.4, -0.2) is 46.0 Å². The van der Waals surface area contributed by atoms with Crippen LogP contribution >= 0.6 is 0 Å². The number of benzene rings is 1. The number of aryl methyl sites for hydroxylation is 1. The lowest BCUT2D eigenvalue weighted by atomic mass is 10.2. The van der Waals surface area contributed by atoms with Crippen LogP contribution in [0.1, 0.15) is 17.2 Å². The van der Waals surface area contributed by atoms with E-state index >= 15 is 0 Å². The molecule has 0 bridgehead atoms. The van der Waals surface area contributed by atoms with E-state index in [1.807, 2.05) is 16.8 Å². The molecule has 2 aliphatic heterocycles. The first kappa shape index (κ1) is 12.8. The van der Waals surface area contributed by atoms with Gasteiger partial charge in [0.05, 0.1) is 19.8 Å². The van der Waals surface area contributed by atoms with Crippen molar-refractivity contribution in [2.45, 2.75) is 20.1 Å². The fourth-order valence-electron chi connectivity index (χ4n) is 2.76. The zero-order chi connectivity index (χ0) is 14.2. The van der Waals surface area contributed by atoms with Crippen molar-refractivity contribution in [3.05, 3.63) is 35.4 Å². The predicted octanol–water partition coefficient (Wildman–Crippen LogP) is 1.30. The van der Waals surface area contributed by atoms with E-state index in [2.05, 4.69) is 28.0 Å². The molecule has 6 heteroatoms. The van der Waals surface area contributed by atoms with Gasteiger partial charge < -0.3 is 9.47 Å². The molecule has 3 heterocycles. The van der Waals surface area contributed by atoms with Crippen molar-refractivity contribution in [1.82, 2.24) is 19.7 Å². The molecule has 0 atom stereocenters. The van der Waals surface area contributed by atoms with Crippen molar-refractivity contribution in [2.24, 2.45) is 0 Å². The highest BCUT2D eigenvalue weighted by molar-refractivity contribution is 5.50. The Hall–Kier alpha value is -1.92. The Labute approximate surface area is 123 Å². The molecule has 0 spiro atoms. The summed E-state index contributed by atoms with van der Waals surface area (Å²) >= 11 is 0. The van der Waals surface area contributed by atoms with E-state index < -0.39 is 0 Å². The van der Waals surface area contributed by atoms with Gasteiger partial charge in [0.2, 0.25) is 0 Å². The second-order valence-corrected chi connectivity index (χ2v) is 5.50. The van der Waals surface area contributed by atoms with Crippen molar-refractivity contribution in [1.29, 1.82) is 0 Å². The van der Waals surface area contributed by atoms with E-state index in [1.54, 1.807) is 0 Å². The van der Waals surface area contributed by atoms with Crippen LogP contribution < -0.4 is 4.74 Å². The third-order valence-electron chi connectivity index (χ3n) is 3.89. The summed E-state index contributed by atoms with van der Waals surface area (Å²) in [4.78, 5) is 6.93. The second kappa shape index (κ2) is 5.13. The Kier molecular flexibility index (Phi) is 3.12. The smallest absolute Gasteiger partial charge is 0.170 e. The van der Waals surface area contributed by atoms with Crippen LogP contribution in [0.5, 0.6) is 5.75 Å². The van der Waals surface area contributed by atoms with Crippen LogP contribution in [0.2, 0.25) is 0 Å². The minimum absolute atomic E-state index is 0.479. The summed E-state index contributed by atoms with van der Waals surface area (Å²) in [5.74, 6) is 2.60. The molecule has 4 rings (SSSR count). The second-order valence-electron chi connectivity index (χ2n) is 5.50. The van der Waals surface area contributed by atoms with Gasteiger partial charge in [-0.3, -0.25) is 4.90 Å². The maximum atomic E-state index is 5.78. The van der Waals surface area contributed by atoms with Crippen molar-refractivity contribution < 1.29 is 9.47 Å². The molecule has 0 N–H and O–H groups in total. The largest absolute Gasteiger partial charge is 0.483 e. The first-order chi connectivity index (χ1) is 10.3. The monoisotopic (exact) mass is 286 g/mol. The molecule has 110 valence electrons. The standard InChI is InChI=1S/C15H18N4O2/c1-11-2-3-12-13(8-11)21-10-15-16-14(17-19(12)15)9-18-4-6-20-7-5-18/h2-3,8H,4-7,9-10H2,1H3. The van der Waals surface area contributed by atoms with Gasteiger partial charge in [-0.1, -0.05) is 6.07 Å². The molecule has 2 aromatic rings. The number of rotatable bonds is 2. The average Bonchev–Trinajstić information content (AvgIpc) is 2.90. The van der Waals surface area contributed by atoms with Gasteiger partial charge in [0.25, 0.3) is 0 Å². The number of fused-ring (bicyclic) bond motifs is 3. The topological polar surface area (TPSA) is 52.4 Å². The van der Waals surface area contributed by atoms with Crippen LogP contribution in [0, 0.1) is 6.92 Å². The van der Waals surface area contributed by atoms with Crippen LogP contribution in [0.25, 0.3) is 5.69 Å². The summed E-state index contributed by atoms with van der Waals surface area (Å²) in [6.45, 7) is 6.77. The van der Waals surface area contributed by atoms with E-state index in [0.29, 0.717) is 6.61 Å². The molecule has 1 aromatic heterocycles. The summed E-state index contributed by atoms with van der Waals surface area (Å²) < 4.78 is 13.1. The molecular weight excluding hydrogens is 268 g/mol. The summed E-state index contributed by atoms with van der Waals surface area (Å²) in [5.41, 5.74) is 2.16. The molecule has 0 amide bonds. The Bertz CT molecular complexity index is 662. The van der Waals surface area contributed by atoms with E-state index in [0.717, 1.165) is 55.9 Å². The van der Waals surface area contributed by atoms with Gasteiger partial charge >= 0.3 is 0 Å². The quantitative estimate of drug-likeness (QED) is 0.833. The highest BCUT2D eigenvalue weighted by Crippen LogP contribution is 2.29. The van der Waals surface area contributed by atoms with Crippen molar-refractivity contribution in [3.8, 4) is 11.4 Å². The van der Waals surface area contributed by atoms with Gasteiger partial charge in [-0.15, -0.1) is 5.10 Å². The Morgan fingerprint density at radius 2 is 2.10 bits per heavy atom. The zero-order valence-corrected chi connectivity index (χ0v) is 12.1. The molecule has 0 saturated carbocycles. The summed E-state index contributed by atoms with van der Waals surface area (Å²) in [7, 11) is 0. The lowest BCUT2D eigenvalue weighted by Gasteiger charge is -2.25. The molecule has 0 radical (unpaired) electrons. The summed E-state index contributed by atoms with van der Waals surface area (Å²) in [6, 6.07) is 6.16. The molecule has 1 aromatic carbocycles. The average molecular weight is 286 g/mol. The minimum Gasteiger partial charge on any atom is -0.483 e. The molecule has 0 unspecified atom stereocenters. The Morgan fingerprint density at radius 1 is 1.24 bits per heavy atom. The number of aromatic nitrogens is 3. The van der Waals surface area contributed by atoms with Crippen LogP contribution in [0.4, 0.5) is 0 Å². The normalized spacial score (nSPS) is 18.0. The van der Waals surface area contributed by atoms with E-state index in [1.165, 1.54) is 5.56 Å². The number of morpholine rings is 1.